The van der Waals surface area contributed by atoms with Gasteiger partial charge in [0, 0.05) is 30.7 Å². The molecule has 15 heavy (non-hydrogen) atoms. The second kappa shape index (κ2) is 6.51. The van der Waals surface area contributed by atoms with Crippen LogP contribution in [-0.2, 0) is 0 Å². The molecule has 0 spiro atoms. The molecule has 1 rings (SSSR count). The van der Waals surface area contributed by atoms with Crippen molar-refractivity contribution in [2.45, 2.75) is 52.1 Å². The first-order chi connectivity index (χ1) is 7.27. The largest absolute Gasteiger partial charge is 0.306 e. The third kappa shape index (κ3) is 3.96. The van der Waals surface area contributed by atoms with E-state index in [1.807, 2.05) is 6.20 Å². The van der Waals surface area contributed by atoms with Crippen LogP contribution in [0.25, 0.3) is 0 Å². The van der Waals surface area contributed by atoms with Gasteiger partial charge in [-0.2, -0.15) is 0 Å². The third-order valence-corrected chi connectivity index (χ3v) is 2.64. The van der Waals surface area contributed by atoms with Crippen molar-refractivity contribution in [3.05, 3.63) is 24.3 Å². The molecular weight excluding hydrogens is 186 g/mol. The SMILES string of the molecule is CCCC(CC)NC(C)c1cnccn1. The fraction of sp³-hybridized carbons (Fsp3) is 0.667. The van der Waals surface area contributed by atoms with E-state index in [0.29, 0.717) is 6.04 Å². The molecule has 3 heteroatoms. The van der Waals surface area contributed by atoms with Crippen LogP contribution in [0.1, 0.15) is 51.8 Å². The summed E-state index contributed by atoms with van der Waals surface area (Å²) in [5.41, 5.74) is 1.02. The van der Waals surface area contributed by atoms with Crippen molar-refractivity contribution in [2.75, 3.05) is 0 Å². The Morgan fingerprint density at radius 2 is 2.13 bits per heavy atom. The molecule has 1 heterocycles. The fourth-order valence-electron chi connectivity index (χ4n) is 1.73. The molecule has 2 atom stereocenters. The summed E-state index contributed by atoms with van der Waals surface area (Å²) in [6.45, 7) is 6.58. The Hall–Kier alpha value is -0.960. The molecule has 0 radical (unpaired) electrons. The molecule has 0 bridgehead atoms. The van der Waals surface area contributed by atoms with Gasteiger partial charge in [-0.05, 0) is 19.8 Å². The van der Waals surface area contributed by atoms with Gasteiger partial charge in [-0.25, -0.2) is 0 Å². The van der Waals surface area contributed by atoms with Crippen molar-refractivity contribution >= 4 is 0 Å². The molecule has 0 aromatic carbocycles. The molecule has 0 fully saturated rings. The van der Waals surface area contributed by atoms with Crippen LogP contribution >= 0.6 is 0 Å². The molecule has 84 valence electrons. The normalized spacial score (nSPS) is 14.9. The van der Waals surface area contributed by atoms with Gasteiger partial charge in [0.2, 0.25) is 0 Å². The Balaban J connectivity index is 2.50. The second-order valence-corrected chi connectivity index (χ2v) is 3.91. The fourth-order valence-corrected chi connectivity index (χ4v) is 1.73. The van der Waals surface area contributed by atoms with Crippen LogP contribution in [0.5, 0.6) is 0 Å². The quantitative estimate of drug-likeness (QED) is 0.779. The molecule has 0 aliphatic carbocycles. The highest BCUT2D eigenvalue weighted by Gasteiger charge is 2.11. The van der Waals surface area contributed by atoms with E-state index in [-0.39, 0.29) is 6.04 Å². The van der Waals surface area contributed by atoms with E-state index >= 15 is 0 Å². The highest BCUT2D eigenvalue weighted by Crippen LogP contribution is 2.11. The van der Waals surface area contributed by atoms with Crippen LogP contribution in [0, 0.1) is 0 Å². The molecule has 2 unspecified atom stereocenters. The van der Waals surface area contributed by atoms with Crippen LogP contribution in [-0.4, -0.2) is 16.0 Å². The molecule has 0 aliphatic heterocycles. The minimum absolute atomic E-state index is 0.287. The zero-order chi connectivity index (χ0) is 11.1. The zero-order valence-corrected chi connectivity index (χ0v) is 9.90. The maximum atomic E-state index is 4.30. The summed E-state index contributed by atoms with van der Waals surface area (Å²) in [6.07, 6.45) is 8.89. The van der Waals surface area contributed by atoms with E-state index in [4.69, 9.17) is 0 Å². The lowest BCUT2D eigenvalue weighted by Crippen LogP contribution is -2.31. The summed E-state index contributed by atoms with van der Waals surface area (Å²) in [6, 6.07) is 0.877. The average molecular weight is 207 g/mol. The van der Waals surface area contributed by atoms with E-state index < -0.39 is 0 Å². The monoisotopic (exact) mass is 207 g/mol. The first-order valence-electron chi connectivity index (χ1n) is 5.79. The zero-order valence-electron chi connectivity index (χ0n) is 9.90. The predicted octanol–water partition coefficient (Wildman–Crippen LogP) is 2.71. The summed E-state index contributed by atoms with van der Waals surface area (Å²) in [5, 5.41) is 3.58. The summed E-state index contributed by atoms with van der Waals surface area (Å²) in [4.78, 5) is 8.38. The Morgan fingerprint density at radius 1 is 1.33 bits per heavy atom. The van der Waals surface area contributed by atoms with E-state index in [2.05, 4.69) is 36.1 Å². The van der Waals surface area contributed by atoms with Crippen LogP contribution in [0.3, 0.4) is 0 Å². The predicted molar refractivity (Wildman–Crippen MR) is 62.6 cm³/mol. The van der Waals surface area contributed by atoms with Crippen molar-refractivity contribution < 1.29 is 0 Å². The number of rotatable bonds is 6. The van der Waals surface area contributed by atoms with Crippen LogP contribution in [0.2, 0.25) is 0 Å². The highest BCUT2D eigenvalue weighted by atomic mass is 15.0. The highest BCUT2D eigenvalue weighted by molar-refractivity contribution is 5.00. The summed E-state index contributed by atoms with van der Waals surface area (Å²) in [5.74, 6) is 0. The maximum absolute atomic E-state index is 4.30. The Labute approximate surface area is 92.3 Å². The van der Waals surface area contributed by atoms with E-state index in [0.717, 1.165) is 5.69 Å². The number of nitrogens with one attached hydrogen (secondary N) is 1. The number of nitrogens with zero attached hydrogens (tertiary/aromatic N) is 2. The first kappa shape index (κ1) is 12.1. The van der Waals surface area contributed by atoms with Gasteiger partial charge in [0.05, 0.1) is 5.69 Å². The topological polar surface area (TPSA) is 37.8 Å². The minimum Gasteiger partial charge on any atom is -0.306 e. The van der Waals surface area contributed by atoms with Crippen molar-refractivity contribution in [2.24, 2.45) is 0 Å². The lowest BCUT2D eigenvalue weighted by molar-refractivity contribution is 0.412. The second-order valence-electron chi connectivity index (χ2n) is 3.91. The third-order valence-electron chi connectivity index (χ3n) is 2.64. The molecule has 0 aliphatic rings. The van der Waals surface area contributed by atoms with Gasteiger partial charge >= 0.3 is 0 Å². The molecule has 1 N–H and O–H groups in total. The van der Waals surface area contributed by atoms with Crippen LogP contribution < -0.4 is 5.32 Å². The molecule has 0 saturated heterocycles. The van der Waals surface area contributed by atoms with Gasteiger partial charge in [-0.15, -0.1) is 0 Å². The van der Waals surface area contributed by atoms with Gasteiger partial charge in [0.15, 0.2) is 0 Å². The number of aromatic nitrogens is 2. The summed E-state index contributed by atoms with van der Waals surface area (Å²) >= 11 is 0. The Bertz CT molecular complexity index is 261. The molecule has 1 aromatic rings. The summed E-state index contributed by atoms with van der Waals surface area (Å²) in [7, 11) is 0. The van der Waals surface area contributed by atoms with Crippen molar-refractivity contribution in [3.63, 3.8) is 0 Å². The molecule has 3 nitrogen and oxygen atoms in total. The maximum Gasteiger partial charge on any atom is 0.0753 e. The van der Waals surface area contributed by atoms with Gasteiger partial charge in [0.25, 0.3) is 0 Å². The Kier molecular flexibility index (Phi) is 5.26. The summed E-state index contributed by atoms with van der Waals surface area (Å²) < 4.78 is 0. The Morgan fingerprint density at radius 3 is 2.67 bits per heavy atom. The van der Waals surface area contributed by atoms with E-state index in [9.17, 15) is 0 Å². The smallest absolute Gasteiger partial charge is 0.0753 e. The minimum atomic E-state index is 0.287. The van der Waals surface area contributed by atoms with Gasteiger partial charge in [-0.3, -0.25) is 9.97 Å². The van der Waals surface area contributed by atoms with Crippen LogP contribution in [0.4, 0.5) is 0 Å². The molecular formula is C12H21N3. The standard InChI is InChI=1S/C12H21N3/c1-4-6-11(5-2)15-10(3)12-9-13-7-8-14-12/h7-11,15H,4-6H2,1-3H3. The van der Waals surface area contributed by atoms with Gasteiger partial charge in [0.1, 0.15) is 0 Å². The molecule has 0 amide bonds. The molecule has 0 saturated carbocycles. The van der Waals surface area contributed by atoms with E-state index in [1.54, 1.807) is 12.4 Å². The van der Waals surface area contributed by atoms with Gasteiger partial charge in [-0.1, -0.05) is 20.3 Å². The lowest BCUT2D eigenvalue weighted by Gasteiger charge is -2.21. The van der Waals surface area contributed by atoms with Gasteiger partial charge < -0.3 is 5.32 Å². The van der Waals surface area contributed by atoms with Crippen molar-refractivity contribution in [1.82, 2.24) is 15.3 Å². The number of hydrogen-bond acceptors (Lipinski definition) is 3. The van der Waals surface area contributed by atoms with Crippen molar-refractivity contribution in [3.8, 4) is 0 Å². The van der Waals surface area contributed by atoms with E-state index in [1.165, 1.54) is 19.3 Å². The van der Waals surface area contributed by atoms with Crippen LogP contribution in [0.15, 0.2) is 18.6 Å². The first-order valence-corrected chi connectivity index (χ1v) is 5.79. The lowest BCUT2D eigenvalue weighted by atomic mass is 10.1. The average Bonchev–Trinajstić information content (AvgIpc) is 2.29. The number of hydrogen-bond donors (Lipinski definition) is 1. The van der Waals surface area contributed by atoms with Crippen molar-refractivity contribution in [1.29, 1.82) is 0 Å². The molecule has 1 aromatic heterocycles.